The third-order valence-corrected chi connectivity index (χ3v) is 3.51. The van der Waals surface area contributed by atoms with Crippen LogP contribution in [0.3, 0.4) is 0 Å². The van der Waals surface area contributed by atoms with Gasteiger partial charge in [-0.05, 0) is 36.8 Å². The van der Waals surface area contributed by atoms with Gasteiger partial charge < -0.3 is 21.1 Å². The zero-order valence-corrected chi connectivity index (χ0v) is 15.4. The van der Waals surface area contributed by atoms with Crippen LogP contribution in [0.1, 0.15) is 24.9 Å². The molecule has 0 radical (unpaired) electrons. The van der Waals surface area contributed by atoms with Crippen LogP contribution >= 0.6 is 12.4 Å². The van der Waals surface area contributed by atoms with Crippen molar-refractivity contribution in [2.45, 2.75) is 19.4 Å². The predicted molar refractivity (Wildman–Crippen MR) is 104 cm³/mol. The smallest absolute Gasteiger partial charge is 0.257 e. The molecule has 2 rings (SSSR count). The minimum Gasteiger partial charge on any atom is -0.484 e. The summed E-state index contributed by atoms with van der Waals surface area (Å²) in [5.74, 6) is 0.229. The number of nitrogens with one attached hydrogen (secondary N) is 2. The van der Waals surface area contributed by atoms with Gasteiger partial charge in [0.25, 0.3) is 5.91 Å². The summed E-state index contributed by atoms with van der Waals surface area (Å²) in [5.41, 5.74) is 7.62. The van der Waals surface area contributed by atoms with Gasteiger partial charge in [0.1, 0.15) is 5.75 Å². The van der Waals surface area contributed by atoms with E-state index in [0.29, 0.717) is 18.0 Å². The maximum absolute atomic E-state index is 12.1. The first-order chi connectivity index (χ1) is 12.1. The number of ether oxygens (including phenoxy) is 1. The fraction of sp³-hybridized carbons (Fsp3) is 0.263. The normalized spacial score (nSPS) is 11.0. The predicted octanol–water partition coefficient (Wildman–Crippen LogP) is 2.65. The Kier molecular flexibility index (Phi) is 9.19. The number of nitrogens with two attached hydrogens (primary N) is 1. The highest BCUT2D eigenvalue weighted by Crippen LogP contribution is 2.18. The SMILES string of the molecule is CCNC(=O)COc1ccc(NC(=O)CC(N)c2ccccc2)cc1.Cl. The molecule has 7 heteroatoms. The van der Waals surface area contributed by atoms with E-state index in [1.165, 1.54) is 0 Å². The Hall–Kier alpha value is -2.57. The molecule has 26 heavy (non-hydrogen) atoms. The topological polar surface area (TPSA) is 93.5 Å². The third kappa shape index (κ3) is 7.13. The average molecular weight is 378 g/mol. The van der Waals surface area contributed by atoms with Crippen LogP contribution in [-0.4, -0.2) is 25.0 Å². The fourth-order valence-corrected chi connectivity index (χ4v) is 2.26. The standard InChI is InChI=1S/C19H23N3O3.ClH/c1-2-21-19(24)13-25-16-10-8-15(9-11-16)22-18(23)12-17(20)14-6-4-3-5-7-14;/h3-11,17H,2,12-13,20H2,1H3,(H,21,24)(H,22,23);1H. The van der Waals surface area contributed by atoms with Crippen LogP contribution in [0.15, 0.2) is 54.6 Å². The Labute approximate surface area is 159 Å². The van der Waals surface area contributed by atoms with Crippen LogP contribution < -0.4 is 21.1 Å². The van der Waals surface area contributed by atoms with Gasteiger partial charge in [0.15, 0.2) is 6.61 Å². The maximum atomic E-state index is 12.1. The first kappa shape index (κ1) is 21.5. The zero-order valence-electron chi connectivity index (χ0n) is 14.6. The number of carbonyl (C=O) groups is 2. The van der Waals surface area contributed by atoms with E-state index in [0.717, 1.165) is 5.56 Å². The Morgan fingerprint density at radius 1 is 1.04 bits per heavy atom. The van der Waals surface area contributed by atoms with Crippen molar-refractivity contribution >= 4 is 29.9 Å². The van der Waals surface area contributed by atoms with Crippen molar-refractivity contribution < 1.29 is 14.3 Å². The third-order valence-electron chi connectivity index (χ3n) is 3.51. The summed E-state index contributed by atoms with van der Waals surface area (Å²) in [6.07, 6.45) is 0.194. The first-order valence-corrected chi connectivity index (χ1v) is 8.18. The van der Waals surface area contributed by atoms with E-state index in [9.17, 15) is 9.59 Å². The molecule has 0 aromatic heterocycles. The minimum atomic E-state index is -0.346. The van der Waals surface area contributed by atoms with E-state index >= 15 is 0 Å². The molecule has 0 bridgehead atoms. The lowest BCUT2D eigenvalue weighted by Crippen LogP contribution is -2.28. The number of likely N-dealkylation sites (N-methyl/N-ethyl adjacent to an activating group) is 1. The quantitative estimate of drug-likeness (QED) is 0.659. The molecule has 1 unspecified atom stereocenters. The second-order valence-electron chi connectivity index (χ2n) is 5.54. The number of amides is 2. The number of rotatable bonds is 8. The molecule has 1 atom stereocenters. The molecule has 0 saturated carbocycles. The largest absolute Gasteiger partial charge is 0.484 e. The highest BCUT2D eigenvalue weighted by atomic mass is 35.5. The summed E-state index contributed by atoms with van der Waals surface area (Å²) in [6.45, 7) is 2.38. The number of hydrogen-bond acceptors (Lipinski definition) is 4. The molecule has 4 N–H and O–H groups in total. The minimum absolute atomic E-state index is 0. The Balaban J connectivity index is 0.00000338. The number of anilines is 1. The molecule has 0 heterocycles. The summed E-state index contributed by atoms with van der Waals surface area (Å²) in [5, 5.41) is 5.45. The molecule has 2 aromatic carbocycles. The zero-order chi connectivity index (χ0) is 18.1. The number of benzene rings is 2. The Morgan fingerprint density at radius 2 is 1.69 bits per heavy atom. The molecule has 6 nitrogen and oxygen atoms in total. The Morgan fingerprint density at radius 3 is 2.31 bits per heavy atom. The molecule has 0 aliphatic carbocycles. The molecule has 2 aromatic rings. The van der Waals surface area contributed by atoms with Gasteiger partial charge in [-0.2, -0.15) is 0 Å². The second-order valence-corrected chi connectivity index (χ2v) is 5.54. The Bertz CT molecular complexity index is 693. The van der Waals surface area contributed by atoms with Gasteiger partial charge in [-0.25, -0.2) is 0 Å². The lowest BCUT2D eigenvalue weighted by molar-refractivity contribution is -0.123. The molecule has 0 saturated heterocycles. The van der Waals surface area contributed by atoms with E-state index < -0.39 is 0 Å². The van der Waals surface area contributed by atoms with Crippen LogP contribution in [0.4, 0.5) is 5.69 Å². The van der Waals surface area contributed by atoms with Crippen molar-refractivity contribution in [2.75, 3.05) is 18.5 Å². The lowest BCUT2D eigenvalue weighted by Gasteiger charge is -2.12. The summed E-state index contributed by atoms with van der Waals surface area (Å²) in [4.78, 5) is 23.4. The van der Waals surface area contributed by atoms with E-state index in [-0.39, 0.29) is 43.3 Å². The van der Waals surface area contributed by atoms with Crippen molar-refractivity contribution in [1.82, 2.24) is 5.32 Å². The maximum Gasteiger partial charge on any atom is 0.257 e. The van der Waals surface area contributed by atoms with E-state index in [4.69, 9.17) is 10.5 Å². The van der Waals surface area contributed by atoms with E-state index in [1.54, 1.807) is 24.3 Å². The number of hydrogen-bond donors (Lipinski definition) is 3. The fourth-order valence-electron chi connectivity index (χ4n) is 2.26. The van der Waals surface area contributed by atoms with Crippen LogP contribution in [0.2, 0.25) is 0 Å². The van der Waals surface area contributed by atoms with Gasteiger partial charge in [0, 0.05) is 24.7 Å². The van der Waals surface area contributed by atoms with Crippen molar-refractivity contribution in [3.63, 3.8) is 0 Å². The van der Waals surface area contributed by atoms with Crippen LogP contribution in [0, 0.1) is 0 Å². The van der Waals surface area contributed by atoms with Gasteiger partial charge in [-0.15, -0.1) is 12.4 Å². The highest BCUT2D eigenvalue weighted by Gasteiger charge is 2.11. The molecule has 140 valence electrons. The molecule has 0 spiro atoms. The molecule has 0 aliphatic rings. The number of carbonyl (C=O) groups excluding carboxylic acids is 2. The summed E-state index contributed by atoms with van der Waals surface area (Å²) in [6, 6.07) is 16.0. The summed E-state index contributed by atoms with van der Waals surface area (Å²) in [7, 11) is 0. The molecule has 0 fully saturated rings. The molecule has 2 amide bonds. The first-order valence-electron chi connectivity index (χ1n) is 8.18. The van der Waals surface area contributed by atoms with Crippen LogP contribution in [0.5, 0.6) is 5.75 Å². The van der Waals surface area contributed by atoms with E-state index in [1.807, 2.05) is 37.3 Å². The van der Waals surface area contributed by atoms with Gasteiger partial charge in [-0.1, -0.05) is 30.3 Å². The summed E-state index contributed by atoms with van der Waals surface area (Å²) >= 11 is 0. The second kappa shape index (κ2) is 11.1. The molecular weight excluding hydrogens is 354 g/mol. The van der Waals surface area contributed by atoms with Gasteiger partial charge >= 0.3 is 0 Å². The van der Waals surface area contributed by atoms with Gasteiger partial charge in [-0.3, -0.25) is 9.59 Å². The molecule has 0 aliphatic heterocycles. The van der Waals surface area contributed by atoms with Gasteiger partial charge in [0.2, 0.25) is 5.91 Å². The number of halogens is 1. The van der Waals surface area contributed by atoms with Crippen molar-refractivity contribution in [3.05, 3.63) is 60.2 Å². The van der Waals surface area contributed by atoms with Crippen LogP contribution in [0.25, 0.3) is 0 Å². The van der Waals surface area contributed by atoms with Gasteiger partial charge in [0.05, 0.1) is 0 Å². The highest BCUT2D eigenvalue weighted by molar-refractivity contribution is 5.91. The molecular formula is C19H24ClN3O3. The monoisotopic (exact) mass is 377 g/mol. The van der Waals surface area contributed by atoms with Crippen molar-refractivity contribution in [1.29, 1.82) is 0 Å². The van der Waals surface area contributed by atoms with Crippen molar-refractivity contribution in [2.24, 2.45) is 5.73 Å². The lowest BCUT2D eigenvalue weighted by atomic mass is 10.0. The van der Waals surface area contributed by atoms with E-state index in [2.05, 4.69) is 10.6 Å². The summed E-state index contributed by atoms with van der Waals surface area (Å²) < 4.78 is 5.36. The van der Waals surface area contributed by atoms with Crippen molar-refractivity contribution in [3.8, 4) is 5.75 Å². The van der Waals surface area contributed by atoms with Crippen LogP contribution in [-0.2, 0) is 9.59 Å². The average Bonchev–Trinajstić information content (AvgIpc) is 2.62.